The molecule has 1 aromatic rings. The van der Waals surface area contributed by atoms with E-state index in [2.05, 4.69) is 4.98 Å². The molecule has 1 unspecified atom stereocenters. The highest BCUT2D eigenvalue weighted by atomic mass is 35.5. The lowest BCUT2D eigenvalue weighted by molar-refractivity contribution is -0.110. The number of carbonyl (C=O) groups excluding carboxylic acids is 1. The number of sulfonamides is 1. The summed E-state index contributed by atoms with van der Waals surface area (Å²) in [6.07, 6.45) is 3.60. The number of halogens is 1. The summed E-state index contributed by atoms with van der Waals surface area (Å²) in [5.41, 5.74) is -0.594. The second-order valence-electron chi connectivity index (χ2n) is 8.46. The maximum Gasteiger partial charge on any atom is 0.412 e. The molecule has 2 fully saturated rings. The Morgan fingerprint density at radius 2 is 1.79 bits per heavy atom. The number of ether oxygens (including phenoxy) is 2. The van der Waals surface area contributed by atoms with E-state index in [-0.39, 0.29) is 15.8 Å². The topological polar surface area (TPSA) is 89.0 Å². The van der Waals surface area contributed by atoms with Crippen molar-refractivity contribution in [2.24, 2.45) is 5.41 Å². The Bertz CT molecular complexity index is 846. The Hall–Kier alpha value is -1.58. The van der Waals surface area contributed by atoms with Crippen LogP contribution in [0.2, 0.25) is 5.15 Å². The van der Waals surface area contributed by atoms with E-state index >= 15 is 0 Å². The van der Waals surface area contributed by atoms with Crippen LogP contribution in [-0.4, -0.2) is 61.2 Å². The van der Waals surface area contributed by atoms with Crippen LogP contribution in [0.1, 0.15) is 46.5 Å². The first-order valence-electron chi connectivity index (χ1n) is 9.87. The molecule has 2 saturated heterocycles. The summed E-state index contributed by atoms with van der Waals surface area (Å²) in [5.74, 6) is 0.0210. The van der Waals surface area contributed by atoms with Crippen molar-refractivity contribution in [2.45, 2.75) is 57.6 Å². The summed E-state index contributed by atoms with van der Waals surface area (Å²) in [7, 11) is -3.76. The first-order chi connectivity index (χ1) is 13.6. The molecule has 3 heterocycles. The first kappa shape index (κ1) is 22.1. The number of carbonyl (C=O) groups is 1. The second kappa shape index (κ2) is 8.65. The van der Waals surface area contributed by atoms with E-state index in [0.717, 1.165) is 25.7 Å². The van der Waals surface area contributed by atoms with Gasteiger partial charge >= 0.3 is 6.09 Å². The molecule has 10 heteroatoms. The van der Waals surface area contributed by atoms with Crippen LogP contribution in [0.3, 0.4) is 0 Å². The summed E-state index contributed by atoms with van der Waals surface area (Å²) in [5, 5.41) is 0.0501. The van der Waals surface area contributed by atoms with Crippen LogP contribution in [0.25, 0.3) is 0 Å². The standard InChI is InChI=1S/C19H28ClN3O5S/c1-19(2,3)17(28-18(24)22-8-5-4-6-9-22)27-14-13-21-16(20)12-15(14)29(25,26)23-10-7-11-23/h12-13,17H,4-11H2,1-3H3. The summed E-state index contributed by atoms with van der Waals surface area (Å²) < 4.78 is 38.8. The van der Waals surface area contributed by atoms with E-state index in [0.29, 0.717) is 26.2 Å². The van der Waals surface area contributed by atoms with Crippen LogP contribution in [-0.2, 0) is 14.8 Å². The average Bonchev–Trinajstić information content (AvgIpc) is 2.60. The third-order valence-electron chi connectivity index (χ3n) is 4.99. The van der Waals surface area contributed by atoms with Crippen molar-refractivity contribution in [3.8, 4) is 5.75 Å². The van der Waals surface area contributed by atoms with Gasteiger partial charge in [0.05, 0.1) is 6.20 Å². The van der Waals surface area contributed by atoms with Crippen LogP contribution in [0.4, 0.5) is 4.79 Å². The van der Waals surface area contributed by atoms with Crippen molar-refractivity contribution in [1.29, 1.82) is 0 Å². The average molecular weight is 446 g/mol. The normalized spacial score (nSPS) is 19.4. The predicted octanol–water partition coefficient (Wildman–Crippen LogP) is 3.50. The zero-order chi connectivity index (χ0) is 21.2. The number of hydrogen-bond donors (Lipinski definition) is 0. The van der Waals surface area contributed by atoms with E-state index in [1.807, 2.05) is 20.8 Å². The number of piperidine rings is 1. The van der Waals surface area contributed by atoms with Gasteiger partial charge in [-0.3, -0.25) is 0 Å². The predicted molar refractivity (Wildman–Crippen MR) is 108 cm³/mol. The van der Waals surface area contributed by atoms with Gasteiger partial charge in [-0.05, 0) is 31.7 Å². The monoisotopic (exact) mass is 445 g/mol. The third-order valence-corrected chi connectivity index (χ3v) is 7.12. The van der Waals surface area contributed by atoms with Crippen LogP contribution in [0.5, 0.6) is 5.75 Å². The van der Waals surface area contributed by atoms with Gasteiger partial charge in [-0.1, -0.05) is 32.4 Å². The SMILES string of the molecule is CC(C)(C)C(OC(=O)N1CCCCC1)Oc1cnc(Cl)cc1S(=O)(=O)N1CCC1. The molecule has 0 bridgehead atoms. The van der Waals surface area contributed by atoms with Crippen molar-refractivity contribution in [3.05, 3.63) is 17.4 Å². The highest BCUT2D eigenvalue weighted by Crippen LogP contribution is 2.34. The number of aromatic nitrogens is 1. The Morgan fingerprint density at radius 1 is 1.14 bits per heavy atom. The molecule has 0 radical (unpaired) electrons. The van der Waals surface area contributed by atoms with Gasteiger partial charge in [-0.2, -0.15) is 4.31 Å². The second-order valence-corrected chi connectivity index (χ2v) is 10.8. The molecule has 1 atom stereocenters. The van der Waals surface area contributed by atoms with Crippen molar-refractivity contribution >= 4 is 27.7 Å². The fourth-order valence-corrected chi connectivity index (χ4v) is 4.95. The number of amides is 1. The molecule has 0 spiro atoms. The Kier molecular flexibility index (Phi) is 6.60. The van der Waals surface area contributed by atoms with Gasteiger partial charge in [0.2, 0.25) is 10.0 Å². The molecule has 3 rings (SSSR count). The minimum Gasteiger partial charge on any atom is -0.451 e. The van der Waals surface area contributed by atoms with Crippen LogP contribution in [0, 0.1) is 5.41 Å². The van der Waals surface area contributed by atoms with Gasteiger partial charge < -0.3 is 14.4 Å². The van der Waals surface area contributed by atoms with Crippen LogP contribution >= 0.6 is 11.6 Å². The van der Waals surface area contributed by atoms with Gasteiger partial charge in [-0.25, -0.2) is 18.2 Å². The van der Waals surface area contributed by atoms with Crippen LogP contribution < -0.4 is 4.74 Å². The lowest BCUT2D eigenvalue weighted by atomic mass is 9.96. The zero-order valence-electron chi connectivity index (χ0n) is 17.1. The van der Waals surface area contributed by atoms with Gasteiger partial charge in [0.25, 0.3) is 6.29 Å². The van der Waals surface area contributed by atoms with Crippen molar-refractivity contribution in [3.63, 3.8) is 0 Å². The Labute approximate surface area is 177 Å². The van der Waals surface area contributed by atoms with E-state index in [4.69, 9.17) is 21.1 Å². The molecule has 2 aliphatic heterocycles. The van der Waals surface area contributed by atoms with Gasteiger partial charge in [0.15, 0.2) is 5.75 Å². The highest BCUT2D eigenvalue weighted by Gasteiger charge is 2.37. The summed E-state index contributed by atoms with van der Waals surface area (Å²) in [6.45, 7) is 7.76. The third kappa shape index (κ3) is 5.13. The number of pyridine rings is 1. The number of hydrogen-bond acceptors (Lipinski definition) is 6. The van der Waals surface area contributed by atoms with E-state index < -0.39 is 27.8 Å². The number of nitrogens with zero attached hydrogens (tertiary/aromatic N) is 3. The molecular weight excluding hydrogens is 418 g/mol. The molecule has 162 valence electrons. The van der Waals surface area contributed by atoms with Crippen molar-refractivity contribution in [1.82, 2.24) is 14.2 Å². The number of likely N-dealkylation sites (tertiary alicyclic amines) is 1. The lowest BCUT2D eigenvalue weighted by Gasteiger charge is -2.34. The van der Waals surface area contributed by atoms with Crippen molar-refractivity contribution in [2.75, 3.05) is 26.2 Å². The van der Waals surface area contributed by atoms with E-state index in [1.54, 1.807) is 4.90 Å². The highest BCUT2D eigenvalue weighted by molar-refractivity contribution is 7.89. The summed E-state index contributed by atoms with van der Waals surface area (Å²) >= 11 is 5.96. The zero-order valence-corrected chi connectivity index (χ0v) is 18.6. The lowest BCUT2D eigenvalue weighted by Crippen LogP contribution is -2.44. The molecular formula is C19H28ClN3O5S. The summed E-state index contributed by atoms with van der Waals surface area (Å²) in [6, 6.07) is 1.27. The van der Waals surface area contributed by atoms with Gasteiger partial charge in [0, 0.05) is 31.6 Å². The minimum absolute atomic E-state index is 0.0210. The fraction of sp³-hybridized carbons (Fsp3) is 0.684. The minimum atomic E-state index is -3.76. The van der Waals surface area contributed by atoms with Gasteiger partial charge in [-0.15, -0.1) is 0 Å². The van der Waals surface area contributed by atoms with E-state index in [1.165, 1.54) is 16.6 Å². The summed E-state index contributed by atoms with van der Waals surface area (Å²) in [4.78, 5) is 18.2. The Balaban J connectivity index is 1.85. The van der Waals surface area contributed by atoms with Gasteiger partial charge in [0.1, 0.15) is 10.0 Å². The number of rotatable bonds is 5. The largest absolute Gasteiger partial charge is 0.451 e. The molecule has 0 aliphatic carbocycles. The smallest absolute Gasteiger partial charge is 0.412 e. The molecule has 1 amide bonds. The molecule has 29 heavy (non-hydrogen) atoms. The quantitative estimate of drug-likeness (QED) is 0.509. The maximum absolute atomic E-state index is 12.9. The molecule has 1 aromatic heterocycles. The maximum atomic E-state index is 12.9. The van der Waals surface area contributed by atoms with E-state index in [9.17, 15) is 13.2 Å². The molecule has 0 N–H and O–H groups in total. The molecule has 8 nitrogen and oxygen atoms in total. The first-order valence-corrected chi connectivity index (χ1v) is 11.7. The fourth-order valence-electron chi connectivity index (χ4n) is 3.09. The van der Waals surface area contributed by atoms with Crippen molar-refractivity contribution < 1.29 is 22.7 Å². The van der Waals surface area contributed by atoms with Crippen LogP contribution in [0.15, 0.2) is 17.2 Å². The molecule has 2 aliphatic rings. The molecule has 0 saturated carbocycles. The Morgan fingerprint density at radius 3 is 2.34 bits per heavy atom. The molecule has 0 aromatic carbocycles.